The number of carbonyl (C=O) groups excluding carboxylic acids is 3. The van der Waals surface area contributed by atoms with Gasteiger partial charge in [-0.1, -0.05) is 13.0 Å². The van der Waals surface area contributed by atoms with Gasteiger partial charge in [-0.15, -0.1) is 0 Å². The minimum Gasteiger partial charge on any atom is -0.379 e. The molecule has 8 heteroatoms. The minimum atomic E-state index is -0.277. The first-order chi connectivity index (χ1) is 10.1. The highest BCUT2D eigenvalue weighted by atomic mass is 33.1. The lowest BCUT2D eigenvalue weighted by molar-refractivity contribution is -0.153. The molecule has 0 radical (unpaired) electrons. The van der Waals surface area contributed by atoms with Gasteiger partial charge in [-0.2, -0.15) is 5.01 Å². The molecule has 0 aromatic rings. The van der Waals surface area contributed by atoms with Crippen molar-refractivity contribution in [3.63, 3.8) is 0 Å². The highest BCUT2D eigenvalue weighted by Gasteiger charge is 2.36. The zero-order valence-electron chi connectivity index (χ0n) is 11.6. The summed E-state index contributed by atoms with van der Waals surface area (Å²) < 4.78 is 5.02. The van der Waals surface area contributed by atoms with Gasteiger partial charge in [0, 0.05) is 25.5 Å². The van der Waals surface area contributed by atoms with Gasteiger partial charge in [-0.3, -0.25) is 19.4 Å². The number of imide groups is 1. The summed E-state index contributed by atoms with van der Waals surface area (Å²) in [5, 5.41) is 2.45. The van der Waals surface area contributed by atoms with Crippen molar-refractivity contribution in [2.45, 2.75) is 38.0 Å². The molecule has 1 unspecified atom stereocenters. The summed E-state index contributed by atoms with van der Waals surface area (Å²) in [5.41, 5.74) is 0. The molecule has 2 amide bonds. The monoisotopic (exact) mass is 328 g/mol. The summed E-state index contributed by atoms with van der Waals surface area (Å²) in [5.74, 6) is -0.692. The molecule has 0 bridgehead atoms. The van der Waals surface area contributed by atoms with Gasteiger partial charge < -0.3 is 4.18 Å². The number of rotatable bonds is 6. The Bertz CT molecular complexity index is 477. The quantitative estimate of drug-likeness (QED) is 0.421. The highest BCUT2D eigenvalue weighted by Crippen LogP contribution is 2.34. The predicted molar refractivity (Wildman–Crippen MR) is 81.2 cm³/mol. The third-order valence-corrected chi connectivity index (χ3v) is 4.80. The van der Waals surface area contributed by atoms with Crippen molar-refractivity contribution >= 4 is 39.7 Å². The van der Waals surface area contributed by atoms with Crippen molar-refractivity contribution in [1.29, 1.82) is 0 Å². The van der Waals surface area contributed by atoms with Crippen molar-refractivity contribution < 1.29 is 18.6 Å². The first-order valence-electron chi connectivity index (χ1n) is 6.65. The van der Waals surface area contributed by atoms with E-state index in [0.29, 0.717) is 6.42 Å². The van der Waals surface area contributed by atoms with E-state index >= 15 is 0 Å². The smallest absolute Gasteiger partial charge is 0.318 e. The van der Waals surface area contributed by atoms with Gasteiger partial charge in [-0.25, -0.2) is 0 Å². The van der Waals surface area contributed by atoms with E-state index in [1.807, 2.05) is 19.1 Å². The van der Waals surface area contributed by atoms with Crippen LogP contribution in [0.25, 0.3) is 0 Å². The van der Waals surface area contributed by atoms with Crippen LogP contribution in [0.2, 0.25) is 0 Å². The van der Waals surface area contributed by atoms with Gasteiger partial charge in [0.25, 0.3) is 0 Å². The summed E-state index contributed by atoms with van der Waals surface area (Å²) >= 11 is 0.964. The van der Waals surface area contributed by atoms with Crippen LogP contribution in [0.3, 0.4) is 0 Å². The van der Waals surface area contributed by atoms with E-state index in [2.05, 4.69) is 0 Å². The maximum absolute atomic E-state index is 11.8. The van der Waals surface area contributed by atoms with Crippen LogP contribution in [0.15, 0.2) is 24.4 Å². The molecular formula is C13H16N2O4S2. The van der Waals surface area contributed by atoms with Gasteiger partial charge >= 0.3 is 5.97 Å². The van der Waals surface area contributed by atoms with Crippen LogP contribution < -0.4 is 0 Å². The summed E-state index contributed by atoms with van der Waals surface area (Å²) in [6, 6.07) is 0. The van der Waals surface area contributed by atoms with Crippen LogP contribution >= 0.6 is 21.9 Å². The zero-order chi connectivity index (χ0) is 15.2. The number of allylic oxidation sites excluding steroid dienone is 2. The van der Waals surface area contributed by atoms with Gasteiger partial charge in [0.2, 0.25) is 11.8 Å². The van der Waals surface area contributed by atoms with E-state index in [4.69, 9.17) is 4.18 Å². The van der Waals surface area contributed by atoms with Crippen molar-refractivity contribution in [3.8, 4) is 0 Å². The van der Waals surface area contributed by atoms with Crippen molar-refractivity contribution in [2.75, 3.05) is 0 Å². The molecule has 2 aliphatic heterocycles. The number of carbonyl (C=O) groups is 3. The number of amides is 2. The normalized spacial score (nSPS) is 21.3. The van der Waals surface area contributed by atoms with Crippen LogP contribution in [-0.2, 0) is 18.6 Å². The molecule has 0 spiro atoms. The molecule has 1 fully saturated rings. The maximum atomic E-state index is 11.8. The molecular weight excluding hydrogens is 312 g/mol. The standard InChI is InChI=1S/C13H16N2O4S2/c1-2-5-13(18)19-21-20-12-6-3-4-9-14(12)15-10(16)7-8-11(15)17/h3-4,6,9,12H,2,5,7-8H2,1H3. The number of hydrogen-bond donors (Lipinski definition) is 0. The SMILES string of the molecule is CCCC(=O)OSSC1C=CC=CN1N1C(=O)CCC1=O. The fourth-order valence-corrected chi connectivity index (χ4v) is 3.62. The summed E-state index contributed by atoms with van der Waals surface area (Å²) in [6.07, 6.45) is 8.68. The van der Waals surface area contributed by atoms with E-state index in [0.717, 1.165) is 22.5 Å². The second-order valence-electron chi connectivity index (χ2n) is 4.47. The third kappa shape index (κ3) is 4.04. The Kier molecular flexibility index (Phi) is 5.75. The Hall–Kier alpha value is -1.41. The van der Waals surface area contributed by atoms with E-state index in [-0.39, 0.29) is 36.0 Å². The average molecular weight is 328 g/mol. The first kappa shape index (κ1) is 16.0. The molecule has 6 nitrogen and oxygen atoms in total. The molecule has 1 saturated heterocycles. The minimum absolute atomic E-state index is 0.210. The van der Waals surface area contributed by atoms with Gasteiger partial charge in [0.1, 0.15) is 16.4 Å². The van der Waals surface area contributed by atoms with Crippen molar-refractivity contribution in [2.24, 2.45) is 0 Å². The third-order valence-electron chi connectivity index (χ3n) is 2.86. The molecule has 0 aromatic heterocycles. The van der Waals surface area contributed by atoms with Crippen LogP contribution in [0.5, 0.6) is 0 Å². The number of hydrazine groups is 1. The van der Waals surface area contributed by atoms with Gasteiger partial charge in [0.05, 0.1) is 0 Å². The molecule has 0 aromatic carbocycles. The Morgan fingerprint density at radius 1 is 1.33 bits per heavy atom. The maximum Gasteiger partial charge on any atom is 0.318 e. The Morgan fingerprint density at radius 3 is 2.71 bits per heavy atom. The van der Waals surface area contributed by atoms with Crippen molar-refractivity contribution in [1.82, 2.24) is 10.0 Å². The van der Waals surface area contributed by atoms with Crippen LogP contribution in [0, 0.1) is 0 Å². The molecule has 2 aliphatic rings. The predicted octanol–water partition coefficient (Wildman–Crippen LogP) is 2.40. The van der Waals surface area contributed by atoms with Crippen LogP contribution in [-0.4, -0.2) is 33.2 Å². The molecule has 2 rings (SSSR count). The number of hydrogen-bond acceptors (Lipinski definition) is 7. The van der Waals surface area contributed by atoms with Gasteiger partial charge in [0.15, 0.2) is 0 Å². The summed E-state index contributed by atoms with van der Waals surface area (Å²) in [4.78, 5) is 34.9. The Balaban J connectivity index is 1.92. The van der Waals surface area contributed by atoms with Crippen LogP contribution in [0.4, 0.5) is 0 Å². The second-order valence-corrected chi connectivity index (χ2v) is 6.43. The largest absolute Gasteiger partial charge is 0.379 e. The molecule has 0 saturated carbocycles. The second kappa shape index (κ2) is 7.56. The fraction of sp³-hybridized carbons (Fsp3) is 0.462. The zero-order valence-corrected chi connectivity index (χ0v) is 13.2. The highest BCUT2D eigenvalue weighted by molar-refractivity contribution is 8.75. The van der Waals surface area contributed by atoms with E-state index in [1.165, 1.54) is 10.8 Å². The Labute approximate surface area is 131 Å². The fourth-order valence-electron chi connectivity index (χ4n) is 1.89. The average Bonchev–Trinajstić information content (AvgIpc) is 2.79. The van der Waals surface area contributed by atoms with Gasteiger partial charge in [-0.05, 0) is 29.4 Å². The number of nitrogens with zero attached hydrogens (tertiary/aromatic N) is 2. The molecule has 114 valence electrons. The lowest BCUT2D eigenvalue weighted by atomic mass is 10.4. The summed E-state index contributed by atoms with van der Waals surface area (Å²) in [6.45, 7) is 1.90. The molecule has 2 heterocycles. The molecule has 0 aliphatic carbocycles. The Morgan fingerprint density at radius 2 is 2.05 bits per heavy atom. The first-order valence-corrected chi connectivity index (χ1v) is 8.79. The lowest BCUT2D eigenvalue weighted by Crippen LogP contribution is -2.47. The van der Waals surface area contributed by atoms with Crippen LogP contribution in [0.1, 0.15) is 32.6 Å². The summed E-state index contributed by atoms with van der Waals surface area (Å²) in [7, 11) is 1.27. The molecule has 21 heavy (non-hydrogen) atoms. The van der Waals surface area contributed by atoms with E-state index in [9.17, 15) is 14.4 Å². The van der Waals surface area contributed by atoms with E-state index in [1.54, 1.807) is 17.3 Å². The lowest BCUT2D eigenvalue weighted by Gasteiger charge is -2.34. The van der Waals surface area contributed by atoms with E-state index < -0.39 is 0 Å². The molecule has 1 atom stereocenters. The topological polar surface area (TPSA) is 66.9 Å². The van der Waals surface area contributed by atoms with Crippen molar-refractivity contribution in [3.05, 3.63) is 24.4 Å². The molecule has 0 N–H and O–H groups in total.